The van der Waals surface area contributed by atoms with Crippen molar-refractivity contribution in [3.63, 3.8) is 0 Å². The average Bonchev–Trinajstić information content (AvgIpc) is 2.07. The summed E-state index contributed by atoms with van der Waals surface area (Å²) in [6.45, 7) is 6.51. The summed E-state index contributed by atoms with van der Waals surface area (Å²) in [5, 5.41) is 0. The summed E-state index contributed by atoms with van der Waals surface area (Å²) >= 11 is 0. The molecule has 72 valence electrons. The van der Waals surface area contributed by atoms with Crippen molar-refractivity contribution in [1.29, 1.82) is 0 Å². The van der Waals surface area contributed by atoms with Gasteiger partial charge in [-0.1, -0.05) is 26.7 Å². The van der Waals surface area contributed by atoms with E-state index in [1.807, 2.05) is 0 Å². The fourth-order valence-corrected chi connectivity index (χ4v) is 5.81. The monoisotopic (exact) mass is 187 g/mol. The molecule has 1 saturated heterocycles. The first-order valence-electron chi connectivity index (χ1n) is 5.22. The molecule has 0 aromatic rings. The smallest absolute Gasteiger partial charge is 0.268 e. The minimum atomic E-state index is -1.43. The van der Waals surface area contributed by atoms with E-state index in [4.69, 9.17) is 4.43 Å². The minimum Gasteiger partial charge on any atom is -0.403 e. The SMILES string of the molecule is CCC[Si]1(NCC)CCCCO1. The molecular formula is C9H21NOSi. The lowest BCUT2D eigenvalue weighted by Crippen LogP contribution is -2.54. The molecule has 0 aromatic carbocycles. The summed E-state index contributed by atoms with van der Waals surface area (Å²) in [4.78, 5) is 3.62. The maximum atomic E-state index is 5.97. The van der Waals surface area contributed by atoms with Crippen LogP contribution in [0.15, 0.2) is 0 Å². The van der Waals surface area contributed by atoms with E-state index in [0.717, 1.165) is 13.2 Å². The Labute approximate surface area is 76.9 Å². The number of hydrogen-bond donors (Lipinski definition) is 1. The maximum Gasteiger partial charge on any atom is 0.268 e. The van der Waals surface area contributed by atoms with E-state index in [0.29, 0.717) is 0 Å². The van der Waals surface area contributed by atoms with Crippen LogP contribution >= 0.6 is 0 Å². The van der Waals surface area contributed by atoms with Crippen LogP contribution in [0.1, 0.15) is 33.1 Å². The largest absolute Gasteiger partial charge is 0.403 e. The molecule has 0 aromatic heterocycles. The zero-order valence-corrected chi connectivity index (χ0v) is 9.36. The van der Waals surface area contributed by atoms with Gasteiger partial charge in [-0.15, -0.1) is 0 Å². The van der Waals surface area contributed by atoms with Crippen molar-refractivity contribution >= 4 is 8.48 Å². The van der Waals surface area contributed by atoms with Crippen molar-refractivity contribution in [1.82, 2.24) is 4.98 Å². The number of rotatable bonds is 4. The maximum absolute atomic E-state index is 5.97. The van der Waals surface area contributed by atoms with Crippen LogP contribution in [0.3, 0.4) is 0 Å². The van der Waals surface area contributed by atoms with Crippen molar-refractivity contribution in [3.8, 4) is 0 Å². The molecule has 0 saturated carbocycles. The first-order chi connectivity index (χ1) is 5.83. The molecule has 0 bridgehead atoms. The Kier molecular flexibility index (Phi) is 4.25. The van der Waals surface area contributed by atoms with Crippen LogP contribution in [0.25, 0.3) is 0 Å². The second-order valence-corrected chi connectivity index (χ2v) is 7.21. The normalized spacial score (nSPS) is 30.5. The third-order valence-corrected chi connectivity index (χ3v) is 6.73. The zero-order valence-electron chi connectivity index (χ0n) is 8.36. The molecule has 1 rings (SSSR count). The predicted molar refractivity (Wildman–Crippen MR) is 54.5 cm³/mol. The van der Waals surface area contributed by atoms with E-state index in [-0.39, 0.29) is 0 Å². The Balaban J connectivity index is 2.44. The molecule has 2 nitrogen and oxygen atoms in total. The number of nitrogens with one attached hydrogen (secondary N) is 1. The van der Waals surface area contributed by atoms with Crippen molar-refractivity contribution in [2.24, 2.45) is 0 Å². The van der Waals surface area contributed by atoms with E-state index >= 15 is 0 Å². The quantitative estimate of drug-likeness (QED) is 0.682. The molecule has 0 amide bonds. The van der Waals surface area contributed by atoms with Crippen molar-refractivity contribution in [3.05, 3.63) is 0 Å². The van der Waals surface area contributed by atoms with Gasteiger partial charge >= 0.3 is 0 Å². The highest BCUT2D eigenvalue weighted by Crippen LogP contribution is 2.23. The standard InChI is InChI=1S/C9H21NOSi/c1-3-8-12(10-4-2)9-6-5-7-11-12/h10H,3-9H2,1-2H3. The Hall–Kier alpha value is 0.137. The van der Waals surface area contributed by atoms with Crippen LogP contribution in [0, 0.1) is 0 Å². The van der Waals surface area contributed by atoms with Crippen LogP contribution in [-0.2, 0) is 4.43 Å². The molecule has 0 spiro atoms. The molecule has 1 fully saturated rings. The predicted octanol–water partition coefficient (Wildman–Crippen LogP) is 2.26. The van der Waals surface area contributed by atoms with E-state index in [2.05, 4.69) is 18.8 Å². The summed E-state index contributed by atoms with van der Waals surface area (Å²) in [6.07, 6.45) is 3.91. The van der Waals surface area contributed by atoms with Crippen LogP contribution in [0.4, 0.5) is 0 Å². The zero-order chi connectivity index (χ0) is 8.86. The second-order valence-electron chi connectivity index (χ2n) is 3.58. The van der Waals surface area contributed by atoms with Gasteiger partial charge in [-0.25, -0.2) is 0 Å². The summed E-state index contributed by atoms with van der Waals surface area (Å²) < 4.78 is 5.97. The molecular weight excluding hydrogens is 166 g/mol. The van der Waals surface area contributed by atoms with Crippen molar-refractivity contribution < 1.29 is 4.43 Å². The van der Waals surface area contributed by atoms with Crippen molar-refractivity contribution in [2.75, 3.05) is 13.2 Å². The summed E-state index contributed by atoms with van der Waals surface area (Å²) in [5.41, 5.74) is 0. The van der Waals surface area contributed by atoms with E-state index in [9.17, 15) is 0 Å². The summed E-state index contributed by atoms with van der Waals surface area (Å²) in [7, 11) is -1.43. The Morgan fingerprint density at radius 3 is 2.67 bits per heavy atom. The van der Waals surface area contributed by atoms with Gasteiger partial charge < -0.3 is 9.41 Å². The molecule has 3 heteroatoms. The van der Waals surface area contributed by atoms with Gasteiger partial charge in [-0.2, -0.15) is 0 Å². The van der Waals surface area contributed by atoms with Gasteiger partial charge in [0.25, 0.3) is 8.48 Å². The van der Waals surface area contributed by atoms with Gasteiger partial charge in [-0.3, -0.25) is 0 Å². The second kappa shape index (κ2) is 4.99. The first kappa shape index (κ1) is 10.2. The van der Waals surface area contributed by atoms with Crippen molar-refractivity contribution in [2.45, 2.75) is 45.2 Å². The fourth-order valence-electron chi connectivity index (χ4n) is 2.00. The molecule has 1 aliphatic heterocycles. The summed E-state index contributed by atoms with van der Waals surface area (Å²) in [5.74, 6) is 0. The van der Waals surface area contributed by atoms with Crippen LogP contribution in [0.2, 0.25) is 12.1 Å². The van der Waals surface area contributed by atoms with Crippen LogP contribution < -0.4 is 4.98 Å². The van der Waals surface area contributed by atoms with Gasteiger partial charge in [-0.05, 0) is 25.1 Å². The molecule has 0 aliphatic carbocycles. The lowest BCUT2D eigenvalue weighted by Gasteiger charge is -2.35. The minimum absolute atomic E-state index is 0.999. The molecule has 12 heavy (non-hydrogen) atoms. The highest BCUT2D eigenvalue weighted by Gasteiger charge is 2.35. The third kappa shape index (κ3) is 2.57. The molecule has 1 unspecified atom stereocenters. The molecule has 1 N–H and O–H groups in total. The van der Waals surface area contributed by atoms with E-state index in [1.54, 1.807) is 0 Å². The van der Waals surface area contributed by atoms with Crippen LogP contribution in [0.5, 0.6) is 0 Å². The molecule has 1 heterocycles. The fraction of sp³-hybridized carbons (Fsp3) is 1.00. The highest BCUT2D eigenvalue weighted by molar-refractivity contribution is 6.71. The van der Waals surface area contributed by atoms with Gasteiger partial charge in [0.15, 0.2) is 0 Å². The van der Waals surface area contributed by atoms with Gasteiger partial charge in [0.1, 0.15) is 0 Å². The molecule has 1 aliphatic rings. The Morgan fingerprint density at radius 1 is 1.33 bits per heavy atom. The van der Waals surface area contributed by atoms with Crippen LogP contribution in [-0.4, -0.2) is 21.6 Å². The Bertz CT molecular complexity index is 108. The first-order valence-corrected chi connectivity index (χ1v) is 7.54. The van der Waals surface area contributed by atoms with Gasteiger partial charge in [0, 0.05) is 6.61 Å². The topological polar surface area (TPSA) is 21.3 Å². The molecule has 0 radical (unpaired) electrons. The van der Waals surface area contributed by atoms with E-state index in [1.165, 1.54) is 31.4 Å². The average molecular weight is 187 g/mol. The third-order valence-electron chi connectivity index (χ3n) is 2.51. The Morgan fingerprint density at radius 2 is 2.17 bits per heavy atom. The van der Waals surface area contributed by atoms with E-state index < -0.39 is 8.48 Å². The lowest BCUT2D eigenvalue weighted by atomic mass is 10.4. The number of hydrogen-bond acceptors (Lipinski definition) is 2. The van der Waals surface area contributed by atoms with Gasteiger partial charge in [0.2, 0.25) is 0 Å². The van der Waals surface area contributed by atoms with Gasteiger partial charge in [0.05, 0.1) is 0 Å². The molecule has 1 atom stereocenters. The highest BCUT2D eigenvalue weighted by atomic mass is 28.4. The lowest BCUT2D eigenvalue weighted by molar-refractivity contribution is 0.256. The summed E-state index contributed by atoms with van der Waals surface area (Å²) in [6, 6.07) is 2.62.